The minimum Gasteiger partial charge on any atom is -0.0622 e. The van der Waals surface area contributed by atoms with Crippen LogP contribution in [-0.2, 0) is 0 Å². The second kappa shape index (κ2) is 11.7. The van der Waals surface area contributed by atoms with E-state index in [9.17, 15) is 0 Å². The smallest absolute Gasteiger partial charge is 0.00167 e. The van der Waals surface area contributed by atoms with Gasteiger partial charge in [-0.25, -0.2) is 0 Å². The summed E-state index contributed by atoms with van der Waals surface area (Å²) >= 11 is 0. The van der Waals surface area contributed by atoms with Crippen LogP contribution in [-0.4, -0.2) is 0 Å². The second-order valence-electron chi connectivity index (χ2n) is 9.05. The molecule has 0 aliphatic carbocycles. The van der Waals surface area contributed by atoms with Crippen molar-refractivity contribution >= 4 is 47.7 Å². The van der Waals surface area contributed by atoms with Crippen molar-refractivity contribution in [2.45, 2.75) is 0 Å². The molecule has 0 unspecified atom stereocenters. The highest BCUT2D eigenvalue weighted by molar-refractivity contribution is 7.81. The summed E-state index contributed by atoms with van der Waals surface area (Å²) in [6.07, 6.45) is 0. The fourth-order valence-corrected chi connectivity index (χ4v) is 10.1. The minimum atomic E-state index is -0.759. The molecule has 0 N–H and O–H groups in total. The number of benzene rings is 6. The van der Waals surface area contributed by atoms with Crippen LogP contribution in [0.3, 0.4) is 0 Å². The van der Waals surface area contributed by atoms with Gasteiger partial charge in [-0.3, -0.25) is 0 Å². The predicted molar refractivity (Wildman–Crippen MR) is 169 cm³/mol. The van der Waals surface area contributed by atoms with E-state index in [1.54, 1.807) is 0 Å². The summed E-state index contributed by atoms with van der Waals surface area (Å²) in [7, 11) is -1.52. The first kappa shape index (κ1) is 24.5. The molecule has 6 aromatic rings. The highest BCUT2D eigenvalue weighted by Crippen LogP contribution is 2.41. The first-order valence-electron chi connectivity index (χ1n) is 12.9. The molecule has 0 nitrogen and oxygen atoms in total. The van der Waals surface area contributed by atoms with Crippen molar-refractivity contribution in [1.29, 1.82) is 0 Å². The van der Waals surface area contributed by atoms with Crippen LogP contribution in [0.5, 0.6) is 0 Å². The molecular formula is C36H28P2. The molecule has 0 fully saturated rings. The van der Waals surface area contributed by atoms with Crippen LogP contribution in [0.4, 0.5) is 0 Å². The van der Waals surface area contributed by atoms with E-state index in [1.165, 1.54) is 43.0 Å². The van der Waals surface area contributed by atoms with Gasteiger partial charge in [0.15, 0.2) is 0 Å². The minimum absolute atomic E-state index is 0.759. The quantitative estimate of drug-likeness (QED) is 0.201. The molecular weight excluding hydrogens is 494 g/mol. The van der Waals surface area contributed by atoms with E-state index in [1.807, 2.05) is 0 Å². The Morgan fingerprint density at radius 3 is 0.868 bits per heavy atom. The van der Waals surface area contributed by atoms with Gasteiger partial charge < -0.3 is 0 Å². The van der Waals surface area contributed by atoms with Crippen molar-refractivity contribution in [2.75, 3.05) is 0 Å². The molecule has 0 radical (unpaired) electrons. The molecule has 2 heteroatoms. The summed E-state index contributed by atoms with van der Waals surface area (Å²) in [5, 5.41) is 8.28. The second-order valence-corrected chi connectivity index (χ2v) is 13.4. The molecule has 0 amide bonds. The van der Waals surface area contributed by atoms with E-state index >= 15 is 0 Å². The lowest BCUT2D eigenvalue weighted by Gasteiger charge is -2.28. The third-order valence-electron chi connectivity index (χ3n) is 6.62. The van der Waals surface area contributed by atoms with Crippen molar-refractivity contribution < 1.29 is 0 Å². The van der Waals surface area contributed by atoms with Crippen molar-refractivity contribution in [3.63, 3.8) is 0 Å². The SMILES string of the molecule is c1ccc(-c2c(P(c3ccccc3)c3ccccc3)cccc2P(c2ccccc2)c2ccccc2)cc1. The average molecular weight is 523 g/mol. The van der Waals surface area contributed by atoms with Crippen molar-refractivity contribution in [3.05, 3.63) is 170 Å². The highest BCUT2D eigenvalue weighted by atomic mass is 31.1. The van der Waals surface area contributed by atoms with Gasteiger partial charge in [-0.1, -0.05) is 170 Å². The Morgan fingerprint density at radius 1 is 0.263 bits per heavy atom. The first-order chi connectivity index (χ1) is 18.9. The lowest BCUT2D eigenvalue weighted by atomic mass is 10.1. The third kappa shape index (κ3) is 5.12. The normalized spacial score (nSPS) is 11.1. The largest absolute Gasteiger partial charge is 0.0622 e. The van der Waals surface area contributed by atoms with Gasteiger partial charge >= 0.3 is 0 Å². The van der Waals surface area contributed by atoms with Crippen LogP contribution in [0.2, 0.25) is 0 Å². The van der Waals surface area contributed by atoms with Gasteiger partial charge in [-0.15, -0.1) is 0 Å². The Balaban J connectivity index is 1.67. The van der Waals surface area contributed by atoms with Gasteiger partial charge in [0.05, 0.1) is 0 Å². The summed E-state index contributed by atoms with van der Waals surface area (Å²) in [6, 6.07) is 62.1. The van der Waals surface area contributed by atoms with E-state index in [4.69, 9.17) is 0 Å². The molecule has 0 saturated carbocycles. The summed E-state index contributed by atoms with van der Waals surface area (Å²) in [4.78, 5) is 0. The van der Waals surface area contributed by atoms with Gasteiger partial charge in [0.25, 0.3) is 0 Å². The monoisotopic (exact) mass is 522 g/mol. The molecule has 0 heterocycles. The van der Waals surface area contributed by atoms with Gasteiger partial charge in [-0.2, -0.15) is 0 Å². The fraction of sp³-hybridized carbons (Fsp3) is 0. The zero-order valence-electron chi connectivity index (χ0n) is 21.1. The van der Waals surface area contributed by atoms with Crippen LogP contribution >= 0.6 is 15.8 Å². The Morgan fingerprint density at radius 2 is 0.553 bits per heavy atom. The molecule has 0 bridgehead atoms. The number of rotatable bonds is 7. The van der Waals surface area contributed by atoms with E-state index in [0.717, 1.165) is 0 Å². The molecule has 0 aromatic heterocycles. The highest BCUT2D eigenvalue weighted by Gasteiger charge is 2.26. The lowest BCUT2D eigenvalue weighted by molar-refractivity contribution is 1.67. The zero-order chi connectivity index (χ0) is 25.6. The maximum absolute atomic E-state index is 2.36. The molecule has 6 rings (SSSR count). The molecule has 182 valence electrons. The Bertz CT molecular complexity index is 1400. The van der Waals surface area contributed by atoms with Crippen molar-refractivity contribution in [1.82, 2.24) is 0 Å². The molecule has 0 saturated heterocycles. The van der Waals surface area contributed by atoms with Crippen LogP contribution < -0.4 is 31.8 Å². The maximum Gasteiger partial charge on any atom is -0.00167 e. The van der Waals surface area contributed by atoms with Gasteiger partial charge in [-0.05, 0) is 58.8 Å². The van der Waals surface area contributed by atoms with Gasteiger partial charge in [0.2, 0.25) is 0 Å². The van der Waals surface area contributed by atoms with Crippen LogP contribution in [0.15, 0.2) is 170 Å². The zero-order valence-corrected chi connectivity index (χ0v) is 22.8. The molecule has 0 spiro atoms. The molecule has 0 atom stereocenters. The average Bonchev–Trinajstić information content (AvgIpc) is 3.00. The van der Waals surface area contributed by atoms with Crippen molar-refractivity contribution in [3.8, 4) is 11.1 Å². The van der Waals surface area contributed by atoms with Gasteiger partial charge in [0.1, 0.15) is 0 Å². The van der Waals surface area contributed by atoms with E-state index in [-0.39, 0.29) is 0 Å². The summed E-state index contributed by atoms with van der Waals surface area (Å²) in [5.41, 5.74) is 2.64. The molecule has 38 heavy (non-hydrogen) atoms. The molecule has 0 aliphatic heterocycles. The third-order valence-corrected chi connectivity index (χ3v) is 11.6. The summed E-state index contributed by atoms with van der Waals surface area (Å²) in [6.45, 7) is 0. The van der Waals surface area contributed by atoms with Crippen LogP contribution in [0.25, 0.3) is 11.1 Å². The maximum atomic E-state index is 2.36. The Kier molecular flexibility index (Phi) is 7.55. The molecule has 6 aromatic carbocycles. The van der Waals surface area contributed by atoms with E-state index < -0.39 is 15.8 Å². The first-order valence-corrected chi connectivity index (χ1v) is 15.6. The Hall–Kier alpha value is -3.82. The summed E-state index contributed by atoms with van der Waals surface area (Å²) in [5.74, 6) is 0. The topological polar surface area (TPSA) is 0 Å². The van der Waals surface area contributed by atoms with Gasteiger partial charge in [0, 0.05) is 0 Å². The van der Waals surface area contributed by atoms with Crippen LogP contribution in [0, 0.1) is 0 Å². The van der Waals surface area contributed by atoms with E-state index in [2.05, 4.69) is 170 Å². The summed E-state index contributed by atoms with van der Waals surface area (Å²) < 4.78 is 0. The number of hydrogen-bond acceptors (Lipinski definition) is 0. The Labute approximate surface area is 228 Å². The standard InChI is InChI=1S/C36H28P2/c1-6-17-29(18-7-1)36-34(37(30-19-8-2-9-20-30)31-21-10-3-11-22-31)27-16-28-35(36)38(32-23-12-4-13-24-32)33-25-14-5-15-26-33/h1-28H. The number of hydrogen-bond donors (Lipinski definition) is 0. The van der Waals surface area contributed by atoms with Crippen molar-refractivity contribution in [2.24, 2.45) is 0 Å². The fourth-order valence-electron chi connectivity index (χ4n) is 4.96. The van der Waals surface area contributed by atoms with E-state index in [0.29, 0.717) is 0 Å². The van der Waals surface area contributed by atoms with Crippen LogP contribution in [0.1, 0.15) is 0 Å². The predicted octanol–water partition coefficient (Wildman–Crippen LogP) is 6.87. The lowest BCUT2D eigenvalue weighted by Crippen LogP contribution is -2.29. The molecule has 0 aliphatic rings.